The fourth-order valence-corrected chi connectivity index (χ4v) is 5.43. The number of aryl methyl sites for hydroxylation is 1. The van der Waals surface area contributed by atoms with Crippen molar-refractivity contribution >= 4 is 23.5 Å². The van der Waals surface area contributed by atoms with Crippen molar-refractivity contribution in [2.45, 2.75) is 43.1 Å². The molecule has 2 aromatic carbocycles. The van der Waals surface area contributed by atoms with E-state index in [0.29, 0.717) is 29.0 Å². The molecule has 2 heterocycles. The van der Waals surface area contributed by atoms with Crippen molar-refractivity contribution in [1.82, 2.24) is 14.8 Å². The molecule has 33 heavy (non-hydrogen) atoms. The summed E-state index contributed by atoms with van der Waals surface area (Å²) in [5.74, 6) is 2.77. The van der Waals surface area contributed by atoms with E-state index in [-0.39, 0.29) is 5.78 Å². The third kappa shape index (κ3) is 3.88. The van der Waals surface area contributed by atoms with Gasteiger partial charge in [-0.3, -0.25) is 4.79 Å². The number of hydrogen-bond acceptors (Lipinski definition) is 7. The van der Waals surface area contributed by atoms with Crippen molar-refractivity contribution in [3.63, 3.8) is 0 Å². The summed E-state index contributed by atoms with van der Waals surface area (Å²) in [4.78, 5) is 17.9. The molecular weight excluding hydrogens is 436 g/mol. The number of fused-ring (bicyclic) bond motifs is 1. The molecule has 170 valence electrons. The second-order valence-electron chi connectivity index (χ2n) is 8.16. The maximum atomic E-state index is 13.1. The van der Waals surface area contributed by atoms with Crippen LogP contribution in [-0.4, -0.2) is 34.8 Å². The zero-order chi connectivity index (χ0) is 22.9. The molecule has 0 radical (unpaired) electrons. The van der Waals surface area contributed by atoms with Crippen LogP contribution in [0.2, 0.25) is 0 Å². The normalized spacial score (nSPS) is 17.3. The summed E-state index contributed by atoms with van der Waals surface area (Å²) < 4.78 is 13.1. The molecule has 1 N–H and O–H groups in total. The number of hydrogen-bond donors (Lipinski definition) is 1. The summed E-state index contributed by atoms with van der Waals surface area (Å²) >= 11 is 1.59. The standard InChI is InChI=1S/C25H26N4O3S/c1-15-8-4-5-9-16(15)14-33-25-27-24-26-18-11-7-12-19(30)21(18)22(29(24)28-25)17-10-6-13-20(31-2)23(17)32-3/h4-6,8-10,13,22H,7,11-12,14H2,1-3H3,(H,26,27,28)/t22-/m0/s1. The lowest BCUT2D eigenvalue weighted by Crippen LogP contribution is -2.31. The number of carbonyl (C=O) groups is 1. The number of allylic oxidation sites excluding steroid dienone is 2. The van der Waals surface area contributed by atoms with Crippen molar-refractivity contribution in [2.24, 2.45) is 0 Å². The molecular formula is C25H26N4O3S. The number of thioether (sulfide) groups is 1. The van der Waals surface area contributed by atoms with E-state index in [1.54, 1.807) is 26.0 Å². The van der Waals surface area contributed by atoms with Crippen LogP contribution in [0.3, 0.4) is 0 Å². The topological polar surface area (TPSA) is 78.3 Å². The molecule has 1 aliphatic carbocycles. The van der Waals surface area contributed by atoms with Gasteiger partial charge in [0.1, 0.15) is 6.04 Å². The maximum absolute atomic E-state index is 13.1. The van der Waals surface area contributed by atoms with Crippen molar-refractivity contribution in [2.75, 3.05) is 19.5 Å². The number of para-hydroxylation sites is 1. The Labute approximate surface area is 197 Å². The van der Waals surface area contributed by atoms with Crippen molar-refractivity contribution in [3.05, 3.63) is 70.4 Å². The highest BCUT2D eigenvalue weighted by Crippen LogP contribution is 2.45. The first-order valence-electron chi connectivity index (χ1n) is 11.0. The molecule has 0 unspecified atom stereocenters. The smallest absolute Gasteiger partial charge is 0.227 e. The SMILES string of the molecule is COc1cccc([C@H]2C3=C(CCCC3=O)Nc3nc(SCc4ccccc4C)nn32)c1OC. The van der Waals surface area contributed by atoms with E-state index in [2.05, 4.69) is 24.4 Å². The summed E-state index contributed by atoms with van der Waals surface area (Å²) in [6.07, 6.45) is 2.17. The maximum Gasteiger partial charge on any atom is 0.227 e. The number of nitrogens with zero attached hydrogens (tertiary/aromatic N) is 3. The number of Topliss-reactive ketones (excluding diaryl/α,β-unsaturated/α-hetero) is 1. The minimum absolute atomic E-state index is 0.133. The Hall–Kier alpha value is -3.26. The number of nitrogens with one attached hydrogen (secondary N) is 1. The van der Waals surface area contributed by atoms with E-state index in [1.807, 2.05) is 35.0 Å². The van der Waals surface area contributed by atoms with Gasteiger partial charge in [0.05, 0.1) is 14.2 Å². The molecule has 0 saturated carbocycles. The molecule has 7 nitrogen and oxygen atoms in total. The summed E-state index contributed by atoms with van der Waals surface area (Å²) in [5.41, 5.74) is 5.00. The molecule has 0 fully saturated rings. The molecule has 1 aromatic heterocycles. The quantitative estimate of drug-likeness (QED) is 0.521. The van der Waals surface area contributed by atoms with E-state index in [4.69, 9.17) is 19.6 Å². The van der Waals surface area contributed by atoms with E-state index >= 15 is 0 Å². The van der Waals surface area contributed by atoms with E-state index in [0.717, 1.165) is 35.4 Å². The van der Waals surface area contributed by atoms with Crippen molar-refractivity contribution in [3.8, 4) is 11.5 Å². The predicted molar refractivity (Wildman–Crippen MR) is 128 cm³/mol. The van der Waals surface area contributed by atoms with Gasteiger partial charge in [-0.05, 0) is 37.0 Å². The highest BCUT2D eigenvalue weighted by molar-refractivity contribution is 7.98. The minimum Gasteiger partial charge on any atom is -0.493 e. The predicted octanol–water partition coefficient (Wildman–Crippen LogP) is 4.92. The van der Waals surface area contributed by atoms with Crippen molar-refractivity contribution < 1.29 is 14.3 Å². The molecule has 0 spiro atoms. The number of anilines is 1. The van der Waals surface area contributed by atoms with Gasteiger partial charge >= 0.3 is 0 Å². The third-order valence-corrected chi connectivity index (χ3v) is 7.08. The van der Waals surface area contributed by atoms with Gasteiger partial charge < -0.3 is 14.8 Å². The van der Waals surface area contributed by atoms with Crippen LogP contribution in [0.25, 0.3) is 0 Å². The number of ketones is 1. The highest BCUT2D eigenvalue weighted by atomic mass is 32.2. The molecule has 8 heteroatoms. The lowest BCUT2D eigenvalue weighted by molar-refractivity contribution is -0.116. The zero-order valence-electron chi connectivity index (χ0n) is 18.9. The van der Waals surface area contributed by atoms with E-state index in [9.17, 15) is 4.79 Å². The van der Waals surface area contributed by atoms with Gasteiger partial charge in [-0.1, -0.05) is 48.2 Å². The monoisotopic (exact) mass is 462 g/mol. The molecule has 0 saturated heterocycles. The number of methoxy groups -OCH3 is 2. The molecule has 3 aromatic rings. The Morgan fingerprint density at radius 1 is 1.12 bits per heavy atom. The Morgan fingerprint density at radius 2 is 1.97 bits per heavy atom. The Balaban J connectivity index is 1.57. The minimum atomic E-state index is -0.422. The van der Waals surface area contributed by atoms with Gasteiger partial charge in [0.2, 0.25) is 11.1 Å². The van der Waals surface area contributed by atoms with Gasteiger partial charge in [0.15, 0.2) is 17.3 Å². The van der Waals surface area contributed by atoms with Crippen LogP contribution in [-0.2, 0) is 10.5 Å². The van der Waals surface area contributed by atoms with Crippen LogP contribution in [0, 0.1) is 6.92 Å². The van der Waals surface area contributed by atoms with Gasteiger partial charge in [0, 0.05) is 29.0 Å². The molecule has 0 bridgehead atoms. The number of ether oxygens (including phenoxy) is 2. The zero-order valence-corrected chi connectivity index (χ0v) is 19.7. The average molecular weight is 463 g/mol. The fraction of sp³-hybridized carbons (Fsp3) is 0.320. The fourth-order valence-electron chi connectivity index (χ4n) is 4.53. The van der Waals surface area contributed by atoms with Gasteiger partial charge in [-0.2, -0.15) is 4.98 Å². The van der Waals surface area contributed by atoms with Crippen LogP contribution >= 0.6 is 11.8 Å². The largest absolute Gasteiger partial charge is 0.493 e. The summed E-state index contributed by atoms with van der Waals surface area (Å²) in [6.45, 7) is 2.11. The lowest BCUT2D eigenvalue weighted by atomic mass is 9.85. The Morgan fingerprint density at radius 3 is 2.76 bits per heavy atom. The second-order valence-corrected chi connectivity index (χ2v) is 9.10. The van der Waals surface area contributed by atoms with Crippen LogP contribution in [0.5, 0.6) is 11.5 Å². The highest BCUT2D eigenvalue weighted by Gasteiger charge is 2.38. The molecule has 2 aliphatic rings. The summed E-state index contributed by atoms with van der Waals surface area (Å²) in [5, 5.41) is 8.89. The van der Waals surface area contributed by atoms with Crippen LogP contribution in [0.4, 0.5) is 5.95 Å². The molecule has 1 atom stereocenters. The summed E-state index contributed by atoms with van der Waals surface area (Å²) in [6, 6.07) is 13.6. The molecule has 5 rings (SSSR count). The second kappa shape index (κ2) is 8.94. The van der Waals surface area contributed by atoms with Crippen LogP contribution in [0.1, 0.15) is 42.0 Å². The van der Waals surface area contributed by atoms with E-state index in [1.165, 1.54) is 11.1 Å². The van der Waals surface area contributed by atoms with Crippen LogP contribution < -0.4 is 14.8 Å². The molecule has 1 aliphatic heterocycles. The third-order valence-electron chi connectivity index (χ3n) is 6.19. The van der Waals surface area contributed by atoms with Crippen LogP contribution in [0.15, 0.2) is 58.9 Å². The number of aromatic nitrogens is 3. The number of rotatable bonds is 6. The first kappa shape index (κ1) is 21.6. The summed E-state index contributed by atoms with van der Waals surface area (Å²) in [7, 11) is 3.23. The van der Waals surface area contributed by atoms with Crippen molar-refractivity contribution in [1.29, 1.82) is 0 Å². The lowest BCUT2D eigenvalue weighted by Gasteiger charge is -2.32. The van der Waals surface area contributed by atoms with Gasteiger partial charge in [-0.25, -0.2) is 4.68 Å². The first-order valence-corrected chi connectivity index (χ1v) is 12.0. The Kier molecular flexibility index (Phi) is 5.85. The average Bonchev–Trinajstić information content (AvgIpc) is 3.24. The van der Waals surface area contributed by atoms with E-state index < -0.39 is 6.04 Å². The van der Waals surface area contributed by atoms with Gasteiger partial charge in [0.25, 0.3) is 0 Å². The number of benzene rings is 2. The molecule has 0 amide bonds. The Bertz CT molecular complexity index is 1250. The number of carbonyl (C=O) groups excluding carboxylic acids is 1. The first-order chi connectivity index (χ1) is 16.1. The van der Waals surface area contributed by atoms with Gasteiger partial charge in [-0.15, -0.1) is 5.10 Å².